The van der Waals surface area contributed by atoms with E-state index in [-0.39, 0.29) is 6.04 Å². The molecule has 2 aromatic rings. The first kappa shape index (κ1) is 16.5. The molecule has 0 saturated carbocycles. The third-order valence-corrected chi connectivity index (χ3v) is 5.27. The molecule has 1 atom stereocenters. The Morgan fingerprint density at radius 2 is 2.05 bits per heavy atom. The summed E-state index contributed by atoms with van der Waals surface area (Å²) in [5, 5.41) is 6.34. The molecule has 21 heavy (non-hydrogen) atoms. The first-order valence-electron chi connectivity index (χ1n) is 7.19. The van der Waals surface area contributed by atoms with Crippen molar-refractivity contribution in [2.45, 2.75) is 46.7 Å². The summed E-state index contributed by atoms with van der Waals surface area (Å²) in [6.07, 6.45) is 0.896. The second kappa shape index (κ2) is 6.46. The maximum atomic E-state index is 6.38. The van der Waals surface area contributed by atoms with Crippen LogP contribution < -0.4 is 0 Å². The van der Waals surface area contributed by atoms with E-state index in [1.807, 2.05) is 7.05 Å². The van der Waals surface area contributed by atoms with Gasteiger partial charge in [0, 0.05) is 24.0 Å². The number of aromatic nitrogens is 3. The minimum Gasteiger partial charge on any atom is -0.294 e. The molecule has 0 aliphatic rings. The molecular weight excluding hydrogens is 304 g/mol. The van der Waals surface area contributed by atoms with Crippen LogP contribution in [-0.4, -0.2) is 26.7 Å². The SMILES string of the molecule is CCc1nn(C)c(Cl)c1CN(C)C(C)c1nc(C)sc1C. The van der Waals surface area contributed by atoms with Crippen molar-refractivity contribution < 1.29 is 0 Å². The molecule has 0 aliphatic heterocycles. The summed E-state index contributed by atoms with van der Waals surface area (Å²) >= 11 is 8.14. The third kappa shape index (κ3) is 3.30. The topological polar surface area (TPSA) is 34.0 Å². The van der Waals surface area contributed by atoms with E-state index in [0.29, 0.717) is 0 Å². The summed E-state index contributed by atoms with van der Waals surface area (Å²) in [5.41, 5.74) is 3.37. The molecule has 1 unspecified atom stereocenters. The van der Waals surface area contributed by atoms with Gasteiger partial charge in [-0.1, -0.05) is 18.5 Å². The van der Waals surface area contributed by atoms with Crippen molar-refractivity contribution in [2.75, 3.05) is 7.05 Å². The van der Waals surface area contributed by atoms with Crippen molar-refractivity contribution in [1.29, 1.82) is 0 Å². The molecule has 0 N–H and O–H groups in total. The fourth-order valence-corrected chi connectivity index (χ4v) is 3.68. The Morgan fingerprint density at radius 1 is 1.38 bits per heavy atom. The fraction of sp³-hybridized carbons (Fsp3) is 0.600. The molecule has 4 nitrogen and oxygen atoms in total. The highest BCUT2D eigenvalue weighted by molar-refractivity contribution is 7.11. The van der Waals surface area contributed by atoms with Crippen molar-refractivity contribution in [2.24, 2.45) is 7.05 Å². The van der Waals surface area contributed by atoms with Gasteiger partial charge in [-0.25, -0.2) is 4.98 Å². The number of hydrogen-bond acceptors (Lipinski definition) is 4. The molecule has 6 heteroatoms. The number of halogens is 1. The van der Waals surface area contributed by atoms with Crippen LogP contribution in [0.15, 0.2) is 0 Å². The summed E-state index contributed by atoms with van der Waals surface area (Å²) in [5.74, 6) is 0. The molecule has 0 amide bonds. The first-order valence-corrected chi connectivity index (χ1v) is 8.39. The van der Waals surface area contributed by atoms with Crippen LogP contribution in [0.1, 0.15) is 46.7 Å². The zero-order chi connectivity index (χ0) is 15.7. The Bertz CT molecular complexity index is 632. The van der Waals surface area contributed by atoms with Gasteiger partial charge >= 0.3 is 0 Å². The minimum absolute atomic E-state index is 0.260. The predicted molar refractivity (Wildman–Crippen MR) is 89.1 cm³/mol. The van der Waals surface area contributed by atoms with Crippen LogP contribution >= 0.6 is 22.9 Å². The largest absolute Gasteiger partial charge is 0.294 e. The lowest BCUT2D eigenvalue weighted by molar-refractivity contribution is 0.248. The summed E-state index contributed by atoms with van der Waals surface area (Å²) in [7, 11) is 4.00. The highest BCUT2D eigenvalue weighted by Crippen LogP contribution is 2.29. The van der Waals surface area contributed by atoms with Crippen LogP contribution in [0.5, 0.6) is 0 Å². The summed E-state index contributed by atoms with van der Waals surface area (Å²) < 4.78 is 1.76. The lowest BCUT2D eigenvalue weighted by Gasteiger charge is -2.24. The molecule has 2 rings (SSSR count). The summed E-state index contributed by atoms with van der Waals surface area (Å²) in [4.78, 5) is 8.24. The summed E-state index contributed by atoms with van der Waals surface area (Å²) in [6.45, 7) is 9.28. The van der Waals surface area contributed by atoms with Crippen molar-refractivity contribution in [3.05, 3.63) is 32.0 Å². The number of thiazole rings is 1. The smallest absolute Gasteiger partial charge is 0.131 e. The standard InChI is InChI=1S/C15H23ClN4S/c1-7-13-12(15(16)20(6)18-13)8-19(5)9(2)14-10(3)21-11(4)17-14/h9H,7-8H2,1-6H3. The van der Waals surface area contributed by atoms with Crippen LogP contribution in [0.3, 0.4) is 0 Å². The van der Waals surface area contributed by atoms with Gasteiger partial charge in [0.2, 0.25) is 0 Å². The van der Waals surface area contributed by atoms with E-state index in [1.165, 1.54) is 4.88 Å². The Balaban J connectivity index is 2.22. The van der Waals surface area contributed by atoms with Gasteiger partial charge in [-0.05, 0) is 34.2 Å². The Morgan fingerprint density at radius 3 is 2.57 bits per heavy atom. The summed E-state index contributed by atoms with van der Waals surface area (Å²) in [6, 6.07) is 0.260. The monoisotopic (exact) mass is 326 g/mol. The molecule has 2 aromatic heterocycles. The fourth-order valence-electron chi connectivity index (χ4n) is 2.57. The molecule has 0 fully saturated rings. The van der Waals surface area contributed by atoms with Gasteiger partial charge in [-0.2, -0.15) is 5.10 Å². The number of hydrogen-bond donors (Lipinski definition) is 0. The molecule has 0 aliphatic carbocycles. The maximum absolute atomic E-state index is 6.38. The van der Waals surface area contributed by atoms with Gasteiger partial charge in [0.15, 0.2) is 0 Å². The third-order valence-electron chi connectivity index (χ3n) is 3.89. The number of nitrogens with zero attached hydrogens (tertiary/aromatic N) is 4. The van der Waals surface area contributed by atoms with Crippen LogP contribution in [0.4, 0.5) is 0 Å². The number of aryl methyl sites for hydroxylation is 4. The van der Waals surface area contributed by atoms with E-state index < -0.39 is 0 Å². The highest BCUT2D eigenvalue weighted by atomic mass is 35.5. The van der Waals surface area contributed by atoms with Gasteiger partial charge in [0.05, 0.1) is 22.4 Å². The van der Waals surface area contributed by atoms with Crippen LogP contribution in [0.2, 0.25) is 5.15 Å². The molecule has 2 heterocycles. The van der Waals surface area contributed by atoms with Crippen molar-refractivity contribution in [1.82, 2.24) is 19.7 Å². The van der Waals surface area contributed by atoms with E-state index in [2.05, 4.69) is 49.7 Å². The molecular formula is C15H23ClN4S. The number of rotatable bonds is 5. The Labute approximate surface area is 135 Å². The van der Waals surface area contributed by atoms with Gasteiger partial charge in [-0.15, -0.1) is 11.3 Å². The molecule has 116 valence electrons. The molecule has 0 saturated heterocycles. The van der Waals surface area contributed by atoms with Crippen molar-refractivity contribution in [3.8, 4) is 0 Å². The average molecular weight is 327 g/mol. The van der Waals surface area contributed by atoms with E-state index in [1.54, 1.807) is 16.0 Å². The van der Waals surface area contributed by atoms with Crippen LogP contribution in [0.25, 0.3) is 0 Å². The molecule has 0 radical (unpaired) electrons. The second-order valence-corrected chi connectivity index (χ2v) is 7.22. The van der Waals surface area contributed by atoms with Gasteiger partial charge in [0.25, 0.3) is 0 Å². The Kier molecular flexibility index (Phi) is 5.07. The van der Waals surface area contributed by atoms with Gasteiger partial charge in [-0.3, -0.25) is 9.58 Å². The minimum atomic E-state index is 0.260. The quantitative estimate of drug-likeness (QED) is 0.835. The Hall–Kier alpha value is -0.910. The highest BCUT2D eigenvalue weighted by Gasteiger charge is 2.21. The maximum Gasteiger partial charge on any atom is 0.131 e. The van der Waals surface area contributed by atoms with Gasteiger partial charge < -0.3 is 0 Å². The first-order chi connectivity index (χ1) is 9.85. The van der Waals surface area contributed by atoms with Crippen LogP contribution in [0, 0.1) is 13.8 Å². The molecule has 0 aromatic carbocycles. The van der Waals surface area contributed by atoms with Crippen molar-refractivity contribution in [3.63, 3.8) is 0 Å². The lowest BCUT2D eigenvalue weighted by Crippen LogP contribution is -2.23. The molecule has 0 spiro atoms. The normalized spacial score (nSPS) is 13.1. The van der Waals surface area contributed by atoms with Gasteiger partial charge in [0.1, 0.15) is 5.15 Å². The molecule has 0 bridgehead atoms. The zero-order valence-electron chi connectivity index (χ0n) is 13.6. The van der Waals surface area contributed by atoms with E-state index in [4.69, 9.17) is 11.6 Å². The van der Waals surface area contributed by atoms with Crippen LogP contribution in [-0.2, 0) is 20.0 Å². The van der Waals surface area contributed by atoms with Crippen molar-refractivity contribution >= 4 is 22.9 Å². The zero-order valence-corrected chi connectivity index (χ0v) is 15.1. The van der Waals surface area contributed by atoms with E-state index in [0.717, 1.165) is 40.1 Å². The van der Waals surface area contributed by atoms with E-state index >= 15 is 0 Å². The lowest BCUT2D eigenvalue weighted by atomic mass is 10.1. The average Bonchev–Trinajstić information content (AvgIpc) is 2.91. The predicted octanol–water partition coefficient (Wildman–Crippen LogP) is 3.90. The second-order valence-electron chi connectivity index (χ2n) is 5.46. The van der Waals surface area contributed by atoms with E-state index in [9.17, 15) is 0 Å².